The summed E-state index contributed by atoms with van der Waals surface area (Å²) in [6.45, 7) is 8.34. The van der Waals surface area contributed by atoms with Crippen LogP contribution in [-0.4, -0.2) is 32.1 Å². The summed E-state index contributed by atoms with van der Waals surface area (Å²) in [5.74, 6) is 0.892. The molecule has 5 heteroatoms. The van der Waals surface area contributed by atoms with Crippen molar-refractivity contribution in [3.8, 4) is 0 Å². The summed E-state index contributed by atoms with van der Waals surface area (Å²) in [7, 11) is 0. The standard InChI is InChI=1S/C21H30N4S/c1-3-22-21(23-12-11-20-10-7-15-26-20)24-17(2)18-8-6-9-19(16-18)25-13-4-5-14-25/h6-10,15-17H,3-5,11-14H2,1-2H3,(H2,22,23,24). The van der Waals surface area contributed by atoms with Crippen LogP contribution in [0.5, 0.6) is 0 Å². The van der Waals surface area contributed by atoms with Gasteiger partial charge < -0.3 is 15.5 Å². The fourth-order valence-corrected chi connectivity index (χ4v) is 4.01. The van der Waals surface area contributed by atoms with Crippen LogP contribution in [0.4, 0.5) is 5.69 Å². The van der Waals surface area contributed by atoms with Crippen LogP contribution in [0.15, 0.2) is 46.8 Å². The van der Waals surface area contributed by atoms with Gasteiger partial charge in [0.05, 0.1) is 6.04 Å². The number of aliphatic imine (C=N–C) groups is 1. The Morgan fingerprint density at radius 2 is 2.08 bits per heavy atom. The second-order valence-corrected chi connectivity index (χ2v) is 7.78. The average molecular weight is 371 g/mol. The summed E-state index contributed by atoms with van der Waals surface area (Å²) in [5, 5.41) is 9.04. The van der Waals surface area contributed by atoms with Gasteiger partial charge in [0.15, 0.2) is 5.96 Å². The van der Waals surface area contributed by atoms with Crippen LogP contribution < -0.4 is 15.5 Å². The Morgan fingerprint density at radius 3 is 2.81 bits per heavy atom. The van der Waals surface area contributed by atoms with Crippen molar-refractivity contribution in [2.45, 2.75) is 39.2 Å². The Balaban J connectivity index is 1.61. The summed E-state index contributed by atoms with van der Waals surface area (Å²) >= 11 is 1.80. The number of thiophene rings is 1. The van der Waals surface area contributed by atoms with E-state index in [0.717, 1.165) is 25.5 Å². The van der Waals surface area contributed by atoms with Crippen molar-refractivity contribution in [2.24, 2.45) is 4.99 Å². The fourth-order valence-electron chi connectivity index (χ4n) is 3.31. The molecule has 3 rings (SSSR count). The minimum absolute atomic E-state index is 0.220. The smallest absolute Gasteiger partial charge is 0.191 e. The molecular formula is C21H30N4S. The molecule has 140 valence electrons. The van der Waals surface area contributed by atoms with Gasteiger partial charge in [-0.15, -0.1) is 11.3 Å². The summed E-state index contributed by atoms with van der Waals surface area (Å²) in [5.41, 5.74) is 2.64. The summed E-state index contributed by atoms with van der Waals surface area (Å²) < 4.78 is 0. The highest BCUT2D eigenvalue weighted by atomic mass is 32.1. The maximum atomic E-state index is 4.74. The van der Waals surface area contributed by atoms with Gasteiger partial charge in [0.25, 0.3) is 0 Å². The first-order valence-electron chi connectivity index (χ1n) is 9.68. The average Bonchev–Trinajstić information content (AvgIpc) is 3.36. The molecule has 1 saturated heterocycles. The van der Waals surface area contributed by atoms with Crippen LogP contribution in [-0.2, 0) is 6.42 Å². The summed E-state index contributed by atoms with van der Waals surface area (Å²) in [6.07, 6.45) is 3.60. The lowest BCUT2D eigenvalue weighted by Crippen LogP contribution is -2.39. The number of benzene rings is 1. The predicted molar refractivity (Wildman–Crippen MR) is 113 cm³/mol. The topological polar surface area (TPSA) is 39.7 Å². The molecule has 1 unspecified atom stereocenters. The Morgan fingerprint density at radius 1 is 1.23 bits per heavy atom. The van der Waals surface area contributed by atoms with E-state index in [-0.39, 0.29) is 6.04 Å². The largest absolute Gasteiger partial charge is 0.372 e. The van der Waals surface area contributed by atoms with Crippen molar-refractivity contribution in [3.63, 3.8) is 0 Å². The van der Waals surface area contributed by atoms with Crippen molar-refractivity contribution in [2.75, 3.05) is 31.1 Å². The molecule has 26 heavy (non-hydrogen) atoms. The second-order valence-electron chi connectivity index (χ2n) is 6.75. The molecule has 2 heterocycles. The highest BCUT2D eigenvalue weighted by molar-refractivity contribution is 7.09. The van der Waals surface area contributed by atoms with Crippen molar-refractivity contribution >= 4 is 23.0 Å². The van der Waals surface area contributed by atoms with Gasteiger partial charge in [-0.05, 0) is 55.8 Å². The zero-order valence-electron chi connectivity index (χ0n) is 15.9. The molecule has 1 aliphatic rings. The molecule has 1 aromatic carbocycles. The Labute approximate surface area is 161 Å². The van der Waals surface area contributed by atoms with Gasteiger partial charge in [0.2, 0.25) is 0 Å². The molecule has 2 aromatic rings. The molecular weight excluding hydrogens is 340 g/mol. The number of guanidine groups is 1. The van der Waals surface area contributed by atoms with Crippen LogP contribution in [0.2, 0.25) is 0 Å². The lowest BCUT2D eigenvalue weighted by molar-refractivity contribution is 0.686. The van der Waals surface area contributed by atoms with Gasteiger partial charge in [-0.3, -0.25) is 4.99 Å². The van der Waals surface area contributed by atoms with Gasteiger partial charge >= 0.3 is 0 Å². The van der Waals surface area contributed by atoms with E-state index in [4.69, 9.17) is 4.99 Å². The number of hydrogen-bond acceptors (Lipinski definition) is 3. The summed E-state index contributed by atoms with van der Waals surface area (Å²) in [4.78, 5) is 8.61. The molecule has 1 aromatic heterocycles. The molecule has 0 radical (unpaired) electrons. The third kappa shape index (κ3) is 5.24. The lowest BCUT2D eigenvalue weighted by Gasteiger charge is -2.22. The van der Waals surface area contributed by atoms with E-state index in [2.05, 4.69) is 71.2 Å². The molecule has 0 aliphatic carbocycles. The molecule has 0 amide bonds. The maximum Gasteiger partial charge on any atom is 0.191 e. The minimum Gasteiger partial charge on any atom is -0.372 e. The third-order valence-corrected chi connectivity index (χ3v) is 5.68. The first-order valence-corrected chi connectivity index (χ1v) is 10.6. The molecule has 0 saturated carbocycles. The number of nitrogens with zero attached hydrogens (tertiary/aromatic N) is 2. The number of hydrogen-bond donors (Lipinski definition) is 2. The van der Waals surface area contributed by atoms with E-state index in [1.54, 1.807) is 11.3 Å². The first-order chi connectivity index (χ1) is 12.8. The Hall–Kier alpha value is -2.01. The van der Waals surface area contributed by atoms with Crippen LogP contribution in [0.1, 0.15) is 43.2 Å². The zero-order chi connectivity index (χ0) is 18.2. The minimum atomic E-state index is 0.220. The van der Waals surface area contributed by atoms with E-state index < -0.39 is 0 Å². The molecule has 2 N–H and O–H groups in total. The van der Waals surface area contributed by atoms with Crippen molar-refractivity contribution in [3.05, 3.63) is 52.2 Å². The number of nitrogens with one attached hydrogen (secondary N) is 2. The van der Waals surface area contributed by atoms with Crippen LogP contribution >= 0.6 is 11.3 Å². The van der Waals surface area contributed by atoms with E-state index in [1.807, 2.05) is 0 Å². The van der Waals surface area contributed by atoms with E-state index in [1.165, 1.54) is 42.1 Å². The highest BCUT2D eigenvalue weighted by Gasteiger charge is 2.14. The molecule has 4 nitrogen and oxygen atoms in total. The maximum absolute atomic E-state index is 4.74. The van der Waals surface area contributed by atoms with Crippen LogP contribution in [0.3, 0.4) is 0 Å². The Bertz CT molecular complexity index is 690. The van der Waals surface area contributed by atoms with E-state index in [9.17, 15) is 0 Å². The molecule has 1 aliphatic heterocycles. The number of rotatable bonds is 7. The normalized spacial score (nSPS) is 15.9. The molecule has 1 fully saturated rings. The van der Waals surface area contributed by atoms with E-state index >= 15 is 0 Å². The second kappa shape index (κ2) is 9.62. The number of anilines is 1. The van der Waals surface area contributed by atoms with Gasteiger partial charge in [-0.2, -0.15) is 0 Å². The van der Waals surface area contributed by atoms with Crippen LogP contribution in [0, 0.1) is 0 Å². The van der Waals surface area contributed by atoms with Gasteiger partial charge in [0, 0.05) is 43.2 Å². The summed E-state index contributed by atoms with van der Waals surface area (Å²) in [6, 6.07) is 13.4. The monoisotopic (exact) mass is 370 g/mol. The van der Waals surface area contributed by atoms with Crippen molar-refractivity contribution < 1.29 is 0 Å². The highest BCUT2D eigenvalue weighted by Crippen LogP contribution is 2.23. The zero-order valence-corrected chi connectivity index (χ0v) is 16.7. The Kier molecular flexibility index (Phi) is 6.95. The first kappa shape index (κ1) is 18.8. The van der Waals surface area contributed by atoms with Gasteiger partial charge in [-0.25, -0.2) is 0 Å². The lowest BCUT2D eigenvalue weighted by atomic mass is 10.1. The quantitative estimate of drug-likeness (QED) is 0.567. The van der Waals surface area contributed by atoms with Gasteiger partial charge in [-0.1, -0.05) is 18.2 Å². The van der Waals surface area contributed by atoms with Gasteiger partial charge in [0.1, 0.15) is 0 Å². The van der Waals surface area contributed by atoms with Crippen molar-refractivity contribution in [1.29, 1.82) is 0 Å². The SMILES string of the molecule is CCNC(=NCCc1cccs1)NC(C)c1cccc(N2CCCC2)c1. The molecule has 0 bridgehead atoms. The van der Waals surface area contributed by atoms with Crippen molar-refractivity contribution in [1.82, 2.24) is 10.6 Å². The van der Waals surface area contributed by atoms with E-state index in [0.29, 0.717) is 0 Å². The van der Waals surface area contributed by atoms with Crippen LogP contribution in [0.25, 0.3) is 0 Å². The predicted octanol–water partition coefficient (Wildman–Crippen LogP) is 4.21. The molecule has 1 atom stereocenters. The fraction of sp³-hybridized carbons (Fsp3) is 0.476. The third-order valence-electron chi connectivity index (χ3n) is 4.75. The molecule has 0 spiro atoms.